The Hall–Kier alpha value is -8.20. The highest BCUT2D eigenvalue weighted by Crippen LogP contribution is 2.35. The number of amides is 7. The highest BCUT2D eigenvalue weighted by Gasteiger charge is 2.34. The van der Waals surface area contributed by atoms with Gasteiger partial charge in [0.15, 0.2) is 0 Å². The molecule has 30 nitrogen and oxygen atoms in total. The predicted octanol–water partition coefficient (Wildman–Crippen LogP) is 4.13. The van der Waals surface area contributed by atoms with Gasteiger partial charge in [0.1, 0.15) is 42.2 Å². The molecule has 546 valence electrons. The predicted molar refractivity (Wildman–Crippen MR) is 374 cm³/mol. The molecule has 3 aromatic carbocycles. The number of nitrogens with zero attached hydrogens (tertiary/aromatic N) is 4. The molecule has 0 spiro atoms. The van der Waals surface area contributed by atoms with Crippen LogP contribution in [0.15, 0.2) is 84.9 Å². The molecule has 1 saturated carbocycles. The first kappa shape index (κ1) is 80.8. The number of benzene rings is 3. The fourth-order valence-electron chi connectivity index (χ4n) is 12.2. The van der Waals surface area contributed by atoms with Crippen molar-refractivity contribution >= 4 is 106 Å². The summed E-state index contributed by atoms with van der Waals surface area (Å²) < 4.78 is 13.3. The first-order valence-corrected chi connectivity index (χ1v) is 36.6. The van der Waals surface area contributed by atoms with E-state index in [0.29, 0.717) is 63.6 Å². The van der Waals surface area contributed by atoms with Crippen LogP contribution in [0.1, 0.15) is 130 Å². The quantitative estimate of drug-likeness (QED) is 0.0169. The molecule has 2 fully saturated rings. The minimum atomic E-state index is -4.55. The average Bonchev–Trinajstić information content (AvgIpc) is 0.951. The summed E-state index contributed by atoms with van der Waals surface area (Å²) in [4.78, 5) is 170. The molecular formula is C68H93IN11O19P. The SMILES string of the molecule is O=C(O)CC[C@H](NC(=O)N[C@@H](CCCCNC(=O)[C@@H](Cc1ccc2ccccc2c1)NC(=O)[C@H]1CC[C@H](CNC(=O)C(CCCCNC(=O)CCCc2ccc(I)cc2)NC(=O)CCC(C(=O)O)N2CCN(Cc3cccc(C(=O)O)n3)CCN(CP(=O)(O)O)CC2)CC1)C(=O)O)C(=O)O. The standard InChI is InChI=1S/C68H93IN11O19P/c69-50-25-20-44(21-26-50)9-7-16-58(81)70-31-5-3-13-52(74-59(82)29-28-57(67(94)95)80-37-35-78(33-34-79(36-38-80)43-100(97,98)99)42-51-12-8-15-53(73-51)64(88)89)62(86)72-41-45-17-23-48(24-18-45)61(85)75-56(40-46-19-22-47-10-1-2-11-49(47)39-46)63(87)71-32-6-4-14-54(65(90)91)76-68(96)77-55(66(92)93)27-30-60(83)84/h1-2,8,10-12,15,19-22,25-26,39,45,48,52,54-57H,3-7,9,13-14,16-18,23-24,27-38,40-43H2,(H,70,81)(H,71,87)(H,72,86)(H,74,82)(H,75,85)(H,83,84)(H,88,89)(H,90,91)(H,92,93)(H,94,95)(H2,76,77,96)(H2,97,98,99)/t45-,48-,52?,54-,55-,56+,57?/m0/s1. The number of aryl methyl sites for hydroxylation is 1. The van der Waals surface area contributed by atoms with Crippen molar-refractivity contribution in [2.24, 2.45) is 11.8 Å². The summed E-state index contributed by atoms with van der Waals surface area (Å²) in [7, 11) is -4.55. The number of carboxylic acid groups (broad SMARTS) is 5. The van der Waals surface area contributed by atoms with Gasteiger partial charge in [0.25, 0.3) is 0 Å². The van der Waals surface area contributed by atoms with Crippen LogP contribution in [0.3, 0.4) is 0 Å². The van der Waals surface area contributed by atoms with Gasteiger partial charge >= 0.3 is 43.5 Å². The zero-order valence-electron chi connectivity index (χ0n) is 55.8. The van der Waals surface area contributed by atoms with Gasteiger partial charge in [-0.15, -0.1) is 0 Å². The first-order chi connectivity index (χ1) is 47.7. The summed E-state index contributed by atoms with van der Waals surface area (Å²) in [6, 6.07) is 18.5. The maximum atomic E-state index is 14.2. The highest BCUT2D eigenvalue weighted by atomic mass is 127. The van der Waals surface area contributed by atoms with Gasteiger partial charge in [-0.3, -0.25) is 52.8 Å². The normalized spacial score (nSPS) is 17.1. The van der Waals surface area contributed by atoms with Crippen molar-refractivity contribution in [1.29, 1.82) is 0 Å². The number of carbonyl (C=O) groups excluding carboxylic acids is 6. The fourth-order valence-corrected chi connectivity index (χ4v) is 13.3. The van der Waals surface area contributed by atoms with Gasteiger partial charge < -0.3 is 72.5 Å². The van der Waals surface area contributed by atoms with Crippen LogP contribution in [-0.4, -0.2) is 216 Å². The molecule has 5 atom stereocenters. The summed E-state index contributed by atoms with van der Waals surface area (Å²) in [6.45, 7) is 1.80. The number of hydrogen-bond acceptors (Lipinski definition) is 16. The minimum absolute atomic E-state index is 0.0689. The molecule has 14 N–H and O–H groups in total. The van der Waals surface area contributed by atoms with E-state index in [1.807, 2.05) is 71.6 Å². The Bertz CT molecular complexity index is 3490. The van der Waals surface area contributed by atoms with Gasteiger partial charge in [-0.25, -0.2) is 24.2 Å². The third kappa shape index (κ3) is 29.6. The molecule has 32 heteroatoms. The smallest absolute Gasteiger partial charge is 0.354 e. The number of unbranched alkanes of at least 4 members (excludes halogenated alkanes) is 2. The number of aromatic nitrogens is 1. The van der Waals surface area contributed by atoms with Gasteiger partial charge in [0, 0.05) is 101 Å². The van der Waals surface area contributed by atoms with Gasteiger partial charge in [-0.05, 0) is 165 Å². The van der Waals surface area contributed by atoms with Crippen LogP contribution in [0.25, 0.3) is 10.8 Å². The second-order valence-corrected chi connectivity index (χ2v) is 28.3. The zero-order valence-corrected chi connectivity index (χ0v) is 58.8. The monoisotopic (exact) mass is 1530 g/mol. The Morgan fingerprint density at radius 3 is 1.81 bits per heavy atom. The molecule has 0 radical (unpaired) electrons. The van der Waals surface area contributed by atoms with Crippen molar-refractivity contribution in [3.8, 4) is 0 Å². The Morgan fingerprint density at radius 2 is 1.16 bits per heavy atom. The third-order valence-electron chi connectivity index (χ3n) is 17.7. The molecule has 1 aliphatic carbocycles. The van der Waals surface area contributed by atoms with E-state index in [2.05, 4.69) is 64.8 Å². The average molecular weight is 1530 g/mol. The van der Waals surface area contributed by atoms with Crippen molar-refractivity contribution < 1.29 is 92.6 Å². The summed E-state index contributed by atoms with van der Waals surface area (Å²) >= 11 is 2.23. The zero-order chi connectivity index (χ0) is 72.7. The second kappa shape index (κ2) is 41.5. The molecule has 1 saturated heterocycles. The Balaban J connectivity index is 1.05. The van der Waals surface area contributed by atoms with Gasteiger partial charge in [-0.2, -0.15) is 0 Å². The number of aromatic carboxylic acids is 1. The summed E-state index contributed by atoms with van der Waals surface area (Å²) in [5.74, 6) is -9.25. The molecule has 2 aliphatic rings. The van der Waals surface area contributed by atoms with Crippen LogP contribution in [0, 0.1) is 15.4 Å². The summed E-state index contributed by atoms with van der Waals surface area (Å²) in [6.07, 6.45) is 3.06. The van der Waals surface area contributed by atoms with E-state index in [0.717, 1.165) is 31.9 Å². The first-order valence-electron chi connectivity index (χ1n) is 33.7. The lowest BCUT2D eigenvalue weighted by Crippen LogP contribution is -2.51. The lowest BCUT2D eigenvalue weighted by molar-refractivity contribution is -0.144. The van der Waals surface area contributed by atoms with Crippen molar-refractivity contribution in [2.75, 3.05) is 65.2 Å². The topological polar surface area (TPSA) is 453 Å². The molecule has 1 aliphatic heterocycles. The van der Waals surface area contributed by atoms with Gasteiger partial charge in [0.05, 0.1) is 5.69 Å². The molecule has 7 amide bonds. The number of nitrogens with one attached hydrogen (secondary N) is 7. The number of rotatable bonds is 40. The number of aliphatic carboxylic acids is 4. The fraction of sp³-hybridized carbons (Fsp3) is 0.529. The lowest BCUT2D eigenvalue weighted by atomic mass is 9.81. The number of pyridine rings is 1. The van der Waals surface area contributed by atoms with Crippen LogP contribution in [0.2, 0.25) is 0 Å². The summed E-state index contributed by atoms with van der Waals surface area (Å²) in [5, 5.41) is 69.0. The highest BCUT2D eigenvalue weighted by molar-refractivity contribution is 14.1. The molecule has 100 heavy (non-hydrogen) atoms. The maximum absolute atomic E-state index is 14.2. The van der Waals surface area contributed by atoms with Crippen LogP contribution in [0.5, 0.6) is 0 Å². The van der Waals surface area contributed by atoms with E-state index in [9.17, 15) is 87.5 Å². The van der Waals surface area contributed by atoms with Crippen molar-refractivity contribution in [1.82, 2.24) is 56.9 Å². The van der Waals surface area contributed by atoms with Crippen LogP contribution in [0.4, 0.5) is 4.79 Å². The molecule has 4 aromatic rings. The maximum Gasteiger partial charge on any atom is 0.354 e. The number of halogens is 1. The van der Waals surface area contributed by atoms with E-state index in [-0.39, 0.29) is 127 Å². The van der Waals surface area contributed by atoms with Crippen molar-refractivity contribution in [3.05, 3.63) is 111 Å². The van der Waals surface area contributed by atoms with Crippen molar-refractivity contribution in [3.63, 3.8) is 0 Å². The van der Waals surface area contributed by atoms with E-state index < -0.39 is 116 Å². The molecular weight excluding hydrogens is 1430 g/mol. The number of fused-ring (bicyclic) bond motifs is 1. The molecule has 2 heterocycles. The Morgan fingerprint density at radius 1 is 0.550 bits per heavy atom. The number of urea groups is 1. The van der Waals surface area contributed by atoms with Crippen LogP contribution >= 0.6 is 30.2 Å². The van der Waals surface area contributed by atoms with Gasteiger partial charge in [-0.1, -0.05) is 60.7 Å². The van der Waals surface area contributed by atoms with Crippen LogP contribution in [-0.2, 0) is 67.1 Å². The van der Waals surface area contributed by atoms with E-state index in [4.69, 9.17) is 5.11 Å². The summed E-state index contributed by atoms with van der Waals surface area (Å²) in [5.41, 5.74) is 2.15. The van der Waals surface area contributed by atoms with E-state index in [1.165, 1.54) is 11.0 Å². The third-order valence-corrected chi connectivity index (χ3v) is 19.2. The Labute approximate surface area is 593 Å². The molecule has 6 rings (SSSR count). The largest absolute Gasteiger partial charge is 0.481 e. The number of carboxylic acids is 5. The minimum Gasteiger partial charge on any atom is -0.481 e. The molecule has 0 bridgehead atoms. The number of carbonyl (C=O) groups is 11. The Kier molecular flexibility index (Phi) is 33.5. The van der Waals surface area contributed by atoms with Gasteiger partial charge in [0.2, 0.25) is 29.5 Å². The van der Waals surface area contributed by atoms with Crippen molar-refractivity contribution in [2.45, 2.75) is 152 Å². The second-order valence-electron chi connectivity index (χ2n) is 25.4. The molecule has 2 unspecified atom stereocenters. The number of hydrogen-bond donors (Lipinski definition) is 14. The molecule has 1 aromatic heterocycles. The lowest BCUT2D eigenvalue weighted by Gasteiger charge is -2.31. The van der Waals surface area contributed by atoms with E-state index in [1.54, 1.807) is 17.0 Å². The van der Waals surface area contributed by atoms with E-state index >= 15 is 0 Å². The van der Waals surface area contributed by atoms with Crippen LogP contribution < -0.4 is 37.2 Å².